The lowest BCUT2D eigenvalue weighted by Crippen LogP contribution is -2.29. The van der Waals surface area contributed by atoms with Crippen LogP contribution in [-0.2, 0) is 13.0 Å². The fourth-order valence-electron chi connectivity index (χ4n) is 1.89. The summed E-state index contributed by atoms with van der Waals surface area (Å²) in [5.41, 5.74) is 7.08. The maximum atomic E-state index is 12.2. The Bertz CT molecular complexity index is 552. The molecule has 0 aliphatic heterocycles. The average molecular weight is 273 g/mol. The van der Waals surface area contributed by atoms with Crippen LogP contribution in [-0.4, -0.2) is 45.5 Å². The van der Waals surface area contributed by atoms with Crippen molar-refractivity contribution in [3.05, 3.63) is 48.3 Å². The number of nitrogens with zero attached hydrogens (tertiary/aromatic N) is 4. The first-order chi connectivity index (χ1) is 9.70. The zero-order valence-corrected chi connectivity index (χ0v) is 11.6. The van der Waals surface area contributed by atoms with Gasteiger partial charge in [-0.05, 0) is 24.1 Å². The SMILES string of the molecule is CN(CCc1ccncc1)C(=O)c1cn(CCN)cn1. The molecule has 0 aliphatic rings. The van der Waals surface area contributed by atoms with Gasteiger partial charge in [0.15, 0.2) is 0 Å². The molecular formula is C14H19N5O. The van der Waals surface area contributed by atoms with Gasteiger partial charge in [-0.15, -0.1) is 0 Å². The largest absolute Gasteiger partial charge is 0.340 e. The number of aromatic nitrogens is 3. The van der Waals surface area contributed by atoms with Crippen LogP contribution in [0.15, 0.2) is 37.1 Å². The molecule has 6 nitrogen and oxygen atoms in total. The minimum atomic E-state index is -0.0742. The van der Waals surface area contributed by atoms with E-state index in [0.717, 1.165) is 12.0 Å². The van der Waals surface area contributed by atoms with Gasteiger partial charge < -0.3 is 15.2 Å². The topological polar surface area (TPSA) is 77.0 Å². The second kappa shape index (κ2) is 6.81. The van der Waals surface area contributed by atoms with Crippen LogP contribution >= 0.6 is 0 Å². The van der Waals surface area contributed by atoms with E-state index in [1.165, 1.54) is 0 Å². The van der Waals surface area contributed by atoms with Crippen LogP contribution in [0.1, 0.15) is 16.1 Å². The quantitative estimate of drug-likeness (QED) is 0.834. The minimum Gasteiger partial charge on any atom is -0.340 e. The van der Waals surface area contributed by atoms with Crippen LogP contribution in [0, 0.1) is 0 Å². The first-order valence-electron chi connectivity index (χ1n) is 6.57. The van der Waals surface area contributed by atoms with Crippen molar-refractivity contribution in [2.24, 2.45) is 5.73 Å². The molecule has 2 aromatic rings. The molecule has 0 bridgehead atoms. The third-order valence-corrected chi connectivity index (χ3v) is 3.07. The monoisotopic (exact) mass is 273 g/mol. The summed E-state index contributed by atoms with van der Waals surface area (Å²) in [6.45, 7) is 1.84. The molecule has 0 radical (unpaired) electrons. The number of rotatable bonds is 6. The molecule has 0 saturated heterocycles. The first-order valence-corrected chi connectivity index (χ1v) is 6.57. The Hall–Kier alpha value is -2.21. The number of pyridine rings is 1. The number of hydrogen-bond acceptors (Lipinski definition) is 4. The van der Waals surface area contributed by atoms with Crippen LogP contribution in [0.3, 0.4) is 0 Å². The molecule has 0 fully saturated rings. The van der Waals surface area contributed by atoms with Crippen LogP contribution < -0.4 is 5.73 Å². The van der Waals surface area contributed by atoms with E-state index < -0.39 is 0 Å². The highest BCUT2D eigenvalue weighted by Gasteiger charge is 2.14. The van der Waals surface area contributed by atoms with Crippen LogP contribution in [0.4, 0.5) is 0 Å². The fourth-order valence-corrected chi connectivity index (χ4v) is 1.89. The summed E-state index contributed by atoms with van der Waals surface area (Å²) in [6, 6.07) is 3.91. The molecule has 20 heavy (non-hydrogen) atoms. The summed E-state index contributed by atoms with van der Waals surface area (Å²) in [6.07, 6.45) is 7.68. The van der Waals surface area contributed by atoms with E-state index in [9.17, 15) is 4.79 Å². The predicted molar refractivity (Wildman–Crippen MR) is 76.2 cm³/mol. The number of likely N-dealkylation sites (N-methyl/N-ethyl adjacent to an activating group) is 1. The van der Waals surface area contributed by atoms with Crippen molar-refractivity contribution in [1.29, 1.82) is 0 Å². The van der Waals surface area contributed by atoms with Gasteiger partial charge >= 0.3 is 0 Å². The highest BCUT2D eigenvalue weighted by Crippen LogP contribution is 2.04. The minimum absolute atomic E-state index is 0.0742. The summed E-state index contributed by atoms with van der Waals surface area (Å²) in [4.78, 5) is 22.0. The predicted octanol–water partition coefficient (Wildman–Crippen LogP) is 0.551. The normalized spacial score (nSPS) is 10.5. The lowest BCUT2D eigenvalue weighted by Gasteiger charge is -2.15. The van der Waals surface area contributed by atoms with Crippen molar-refractivity contribution in [3.8, 4) is 0 Å². The third kappa shape index (κ3) is 3.64. The molecule has 106 valence electrons. The summed E-state index contributed by atoms with van der Waals surface area (Å²) in [5.74, 6) is -0.0742. The highest BCUT2D eigenvalue weighted by molar-refractivity contribution is 5.91. The molecule has 0 aromatic carbocycles. The molecule has 2 heterocycles. The maximum absolute atomic E-state index is 12.2. The van der Waals surface area contributed by atoms with Crippen LogP contribution in [0.5, 0.6) is 0 Å². The van der Waals surface area contributed by atoms with Gasteiger partial charge in [0, 0.05) is 45.3 Å². The van der Waals surface area contributed by atoms with E-state index in [2.05, 4.69) is 9.97 Å². The van der Waals surface area contributed by atoms with Crippen LogP contribution in [0.2, 0.25) is 0 Å². The fraction of sp³-hybridized carbons (Fsp3) is 0.357. The summed E-state index contributed by atoms with van der Waals surface area (Å²) in [5, 5.41) is 0. The van der Waals surface area contributed by atoms with Crippen molar-refractivity contribution in [2.75, 3.05) is 20.1 Å². The van der Waals surface area contributed by atoms with Gasteiger partial charge in [0.2, 0.25) is 0 Å². The van der Waals surface area contributed by atoms with Gasteiger partial charge in [-0.2, -0.15) is 0 Å². The molecule has 0 aliphatic carbocycles. The zero-order valence-electron chi connectivity index (χ0n) is 11.6. The van der Waals surface area contributed by atoms with E-state index in [-0.39, 0.29) is 5.91 Å². The Balaban J connectivity index is 1.91. The molecule has 1 amide bonds. The number of nitrogens with two attached hydrogens (primary N) is 1. The van der Waals surface area contributed by atoms with Crippen molar-refractivity contribution >= 4 is 5.91 Å². The zero-order chi connectivity index (χ0) is 14.4. The average Bonchev–Trinajstić information content (AvgIpc) is 2.94. The van der Waals surface area contributed by atoms with Crippen molar-refractivity contribution < 1.29 is 4.79 Å². The molecule has 0 unspecified atom stereocenters. The molecule has 0 atom stereocenters. The molecule has 2 aromatic heterocycles. The Morgan fingerprint density at radius 1 is 1.40 bits per heavy atom. The number of carbonyl (C=O) groups is 1. The second-order valence-corrected chi connectivity index (χ2v) is 4.62. The lowest BCUT2D eigenvalue weighted by atomic mass is 10.2. The highest BCUT2D eigenvalue weighted by atomic mass is 16.2. The van der Waals surface area contributed by atoms with Gasteiger partial charge in [0.05, 0.1) is 6.33 Å². The lowest BCUT2D eigenvalue weighted by molar-refractivity contribution is 0.0791. The molecule has 0 spiro atoms. The first kappa shape index (κ1) is 14.2. The number of hydrogen-bond donors (Lipinski definition) is 1. The van der Waals surface area contributed by atoms with Gasteiger partial charge in [0.25, 0.3) is 5.91 Å². The number of imidazole rings is 1. The molecule has 6 heteroatoms. The van der Waals surface area contributed by atoms with Gasteiger partial charge in [-0.3, -0.25) is 9.78 Å². The van der Waals surface area contributed by atoms with Crippen LogP contribution in [0.25, 0.3) is 0 Å². The van der Waals surface area contributed by atoms with E-state index in [4.69, 9.17) is 5.73 Å². The Morgan fingerprint density at radius 3 is 2.85 bits per heavy atom. The third-order valence-electron chi connectivity index (χ3n) is 3.07. The summed E-state index contributed by atoms with van der Waals surface area (Å²) in [7, 11) is 1.78. The smallest absolute Gasteiger partial charge is 0.273 e. The van der Waals surface area contributed by atoms with E-state index in [0.29, 0.717) is 25.3 Å². The van der Waals surface area contributed by atoms with E-state index in [1.54, 1.807) is 36.9 Å². The second-order valence-electron chi connectivity index (χ2n) is 4.62. The van der Waals surface area contributed by atoms with Gasteiger partial charge in [-0.25, -0.2) is 4.98 Å². The van der Waals surface area contributed by atoms with Crippen molar-refractivity contribution in [3.63, 3.8) is 0 Å². The van der Waals surface area contributed by atoms with Gasteiger partial charge in [-0.1, -0.05) is 0 Å². The Morgan fingerprint density at radius 2 is 2.15 bits per heavy atom. The van der Waals surface area contributed by atoms with E-state index >= 15 is 0 Å². The Labute approximate surface area is 118 Å². The summed E-state index contributed by atoms with van der Waals surface area (Å²) >= 11 is 0. The molecule has 2 rings (SSSR count). The van der Waals surface area contributed by atoms with Gasteiger partial charge in [0.1, 0.15) is 5.69 Å². The van der Waals surface area contributed by atoms with Crippen molar-refractivity contribution in [2.45, 2.75) is 13.0 Å². The Kier molecular flexibility index (Phi) is 4.84. The molecular weight excluding hydrogens is 254 g/mol. The number of amides is 1. The van der Waals surface area contributed by atoms with E-state index in [1.807, 2.05) is 16.7 Å². The molecule has 2 N–H and O–H groups in total. The van der Waals surface area contributed by atoms with Crippen molar-refractivity contribution in [1.82, 2.24) is 19.4 Å². The standard InChI is InChI=1S/C14H19N5O/c1-18(8-4-12-2-6-16-7-3-12)14(20)13-10-19(9-5-15)11-17-13/h2-3,6-7,10-11H,4-5,8-9,15H2,1H3. The molecule has 0 saturated carbocycles. The summed E-state index contributed by atoms with van der Waals surface area (Å²) < 4.78 is 1.82. The maximum Gasteiger partial charge on any atom is 0.273 e. The number of carbonyl (C=O) groups excluding carboxylic acids is 1.